The number of ether oxygens (including phenoxy) is 1. The molecule has 0 spiro atoms. The Balaban J connectivity index is 1.88. The largest absolute Gasteiger partial charge is 0.378 e. The molecule has 3 aromatic rings. The van der Waals surface area contributed by atoms with E-state index < -0.39 is 0 Å². The number of rotatable bonds is 2. The minimum Gasteiger partial charge on any atom is -0.378 e. The van der Waals surface area contributed by atoms with Gasteiger partial charge in [-0.3, -0.25) is 0 Å². The van der Waals surface area contributed by atoms with Gasteiger partial charge < -0.3 is 9.64 Å². The van der Waals surface area contributed by atoms with E-state index in [1.54, 1.807) is 11.3 Å². The van der Waals surface area contributed by atoms with E-state index in [1.165, 1.54) is 10.8 Å². The molecule has 0 bridgehead atoms. The Hall–Kier alpha value is -1.98. The van der Waals surface area contributed by atoms with E-state index in [2.05, 4.69) is 45.6 Å². The molecular formula is C17H17N3OS. The summed E-state index contributed by atoms with van der Waals surface area (Å²) in [6, 6.07) is 10.6. The first-order valence-electron chi connectivity index (χ1n) is 7.46. The summed E-state index contributed by atoms with van der Waals surface area (Å²) in [6.45, 7) is 5.32. The normalized spacial score (nSPS) is 15.4. The number of morpholine rings is 1. The van der Waals surface area contributed by atoms with Gasteiger partial charge in [0.2, 0.25) is 0 Å². The van der Waals surface area contributed by atoms with Crippen LogP contribution in [-0.4, -0.2) is 36.3 Å². The molecule has 4 nitrogen and oxygen atoms in total. The predicted octanol–water partition coefficient (Wildman–Crippen LogP) is 3.50. The molecule has 0 atom stereocenters. The molecule has 1 aliphatic rings. The summed E-state index contributed by atoms with van der Waals surface area (Å²) < 4.78 is 5.47. The van der Waals surface area contributed by atoms with Crippen LogP contribution in [0.3, 0.4) is 0 Å². The van der Waals surface area contributed by atoms with Gasteiger partial charge in [-0.2, -0.15) is 0 Å². The predicted molar refractivity (Wildman–Crippen MR) is 90.6 cm³/mol. The van der Waals surface area contributed by atoms with Crippen LogP contribution >= 0.6 is 11.3 Å². The second kappa shape index (κ2) is 5.66. The van der Waals surface area contributed by atoms with Gasteiger partial charge in [0, 0.05) is 23.9 Å². The van der Waals surface area contributed by atoms with Gasteiger partial charge in [-0.25, -0.2) is 9.97 Å². The lowest BCUT2D eigenvalue weighted by atomic mass is 10.1. The Morgan fingerprint density at radius 3 is 2.68 bits per heavy atom. The van der Waals surface area contributed by atoms with Gasteiger partial charge in [0.25, 0.3) is 0 Å². The molecule has 1 saturated heterocycles. The fraction of sp³-hybridized carbons (Fsp3) is 0.294. The number of aromatic nitrogens is 2. The van der Waals surface area contributed by atoms with Crippen LogP contribution in [0.25, 0.3) is 22.2 Å². The number of benzene rings is 1. The van der Waals surface area contributed by atoms with Gasteiger partial charge in [0.1, 0.15) is 5.82 Å². The molecule has 3 heterocycles. The topological polar surface area (TPSA) is 38.2 Å². The fourth-order valence-corrected chi connectivity index (χ4v) is 3.42. The Bertz CT molecular complexity index is 809. The van der Waals surface area contributed by atoms with Crippen molar-refractivity contribution < 1.29 is 4.74 Å². The van der Waals surface area contributed by atoms with Crippen LogP contribution in [0.5, 0.6) is 0 Å². The first kappa shape index (κ1) is 13.7. The average molecular weight is 311 g/mol. The standard InChI is InChI=1S/C17H17N3OS/c1-12-18-16(11-22-12)15-10-13-4-2-3-5-14(13)17(19-15)20-6-8-21-9-7-20/h2-5,10-11H,6-9H2,1H3. The second-order valence-electron chi connectivity index (χ2n) is 5.40. The molecule has 22 heavy (non-hydrogen) atoms. The van der Waals surface area contributed by atoms with Crippen LogP contribution in [0.4, 0.5) is 5.82 Å². The number of aryl methyl sites for hydroxylation is 1. The lowest BCUT2D eigenvalue weighted by molar-refractivity contribution is 0.122. The monoisotopic (exact) mass is 311 g/mol. The van der Waals surface area contributed by atoms with Crippen molar-refractivity contribution in [2.45, 2.75) is 6.92 Å². The van der Waals surface area contributed by atoms with Gasteiger partial charge in [-0.15, -0.1) is 11.3 Å². The SMILES string of the molecule is Cc1nc(-c2cc3ccccc3c(N3CCOCC3)n2)cs1. The Labute approximate surface area is 133 Å². The van der Waals surface area contributed by atoms with E-state index in [9.17, 15) is 0 Å². The highest BCUT2D eigenvalue weighted by molar-refractivity contribution is 7.09. The van der Waals surface area contributed by atoms with Crippen LogP contribution in [0.1, 0.15) is 5.01 Å². The van der Waals surface area contributed by atoms with Gasteiger partial charge in [-0.05, 0) is 18.4 Å². The number of hydrogen-bond donors (Lipinski definition) is 0. The maximum Gasteiger partial charge on any atom is 0.137 e. The molecule has 1 aliphatic heterocycles. The van der Waals surface area contributed by atoms with Crippen molar-refractivity contribution in [3.05, 3.63) is 40.7 Å². The van der Waals surface area contributed by atoms with Crippen LogP contribution in [-0.2, 0) is 4.74 Å². The lowest BCUT2D eigenvalue weighted by Gasteiger charge is -2.29. The van der Waals surface area contributed by atoms with Gasteiger partial charge in [0.05, 0.1) is 29.6 Å². The van der Waals surface area contributed by atoms with E-state index in [1.807, 2.05) is 6.92 Å². The number of nitrogens with zero attached hydrogens (tertiary/aromatic N) is 3. The number of pyridine rings is 1. The highest BCUT2D eigenvalue weighted by Crippen LogP contribution is 2.30. The van der Waals surface area contributed by atoms with E-state index in [4.69, 9.17) is 9.72 Å². The number of hydrogen-bond acceptors (Lipinski definition) is 5. The number of anilines is 1. The van der Waals surface area contributed by atoms with Crippen molar-refractivity contribution >= 4 is 27.9 Å². The zero-order chi connectivity index (χ0) is 14.9. The summed E-state index contributed by atoms with van der Waals surface area (Å²) in [5.41, 5.74) is 1.91. The molecular weight excluding hydrogens is 294 g/mol. The Morgan fingerprint density at radius 1 is 1.09 bits per heavy atom. The molecule has 1 aromatic carbocycles. The average Bonchev–Trinajstić information content (AvgIpc) is 3.01. The molecule has 2 aromatic heterocycles. The third-order valence-electron chi connectivity index (χ3n) is 3.91. The molecule has 112 valence electrons. The third-order valence-corrected chi connectivity index (χ3v) is 4.69. The van der Waals surface area contributed by atoms with Crippen molar-refractivity contribution in [2.75, 3.05) is 31.2 Å². The van der Waals surface area contributed by atoms with Crippen LogP contribution < -0.4 is 4.90 Å². The highest BCUT2D eigenvalue weighted by atomic mass is 32.1. The molecule has 0 N–H and O–H groups in total. The van der Waals surface area contributed by atoms with E-state index >= 15 is 0 Å². The van der Waals surface area contributed by atoms with Crippen LogP contribution in [0.2, 0.25) is 0 Å². The fourth-order valence-electron chi connectivity index (χ4n) is 2.81. The Morgan fingerprint density at radius 2 is 1.91 bits per heavy atom. The van der Waals surface area contributed by atoms with Crippen molar-refractivity contribution in [3.8, 4) is 11.4 Å². The maximum atomic E-state index is 5.47. The molecule has 4 rings (SSSR count). The van der Waals surface area contributed by atoms with E-state index in [0.29, 0.717) is 0 Å². The summed E-state index contributed by atoms with van der Waals surface area (Å²) in [7, 11) is 0. The molecule has 0 amide bonds. The second-order valence-corrected chi connectivity index (χ2v) is 6.47. The van der Waals surface area contributed by atoms with Crippen LogP contribution in [0.15, 0.2) is 35.7 Å². The van der Waals surface area contributed by atoms with Crippen molar-refractivity contribution in [1.29, 1.82) is 0 Å². The number of thiazole rings is 1. The summed E-state index contributed by atoms with van der Waals surface area (Å²) >= 11 is 1.66. The summed E-state index contributed by atoms with van der Waals surface area (Å²) in [4.78, 5) is 11.8. The smallest absolute Gasteiger partial charge is 0.137 e. The molecule has 0 aliphatic carbocycles. The van der Waals surface area contributed by atoms with Crippen LogP contribution in [0, 0.1) is 6.92 Å². The number of fused-ring (bicyclic) bond motifs is 1. The lowest BCUT2D eigenvalue weighted by Crippen LogP contribution is -2.36. The molecule has 0 radical (unpaired) electrons. The molecule has 0 saturated carbocycles. The molecule has 5 heteroatoms. The minimum absolute atomic E-state index is 0.760. The molecule has 0 unspecified atom stereocenters. The summed E-state index contributed by atoms with van der Waals surface area (Å²) in [5.74, 6) is 1.04. The van der Waals surface area contributed by atoms with Gasteiger partial charge in [-0.1, -0.05) is 24.3 Å². The minimum atomic E-state index is 0.760. The summed E-state index contributed by atoms with van der Waals surface area (Å²) in [6.07, 6.45) is 0. The highest BCUT2D eigenvalue weighted by Gasteiger charge is 2.17. The van der Waals surface area contributed by atoms with Gasteiger partial charge >= 0.3 is 0 Å². The quantitative estimate of drug-likeness (QED) is 0.726. The Kier molecular flexibility index (Phi) is 3.52. The first-order chi connectivity index (χ1) is 10.8. The van der Waals surface area contributed by atoms with Gasteiger partial charge in [0.15, 0.2) is 0 Å². The van der Waals surface area contributed by atoms with E-state index in [-0.39, 0.29) is 0 Å². The zero-order valence-electron chi connectivity index (χ0n) is 12.5. The van der Waals surface area contributed by atoms with E-state index in [0.717, 1.165) is 48.5 Å². The molecule has 1 fully saturated rings. The maximum absolute atomic E-state index is 5.47. The van der Waals surface area contributed by atoms with Crippen molar-refractivity contribution in [1.82, 2.24) is 9.97 Å². The van der Waals surface area contributed by atoms with Crippen molar-refractivity contribution in [2.24, 2.45) is 0 Å². The third kappa shape index (κ3) is 2.46. The first-order valence-corrected chi connectivity index (χ1v) is 8.34. The zero-order valence-corrected chi connectivity index (χ0v) is 13.3. The summed E-state index contributed by atoms with van der Waals surface area (Å²) in [5, 5.41) is 5.55. The van der Waals surface area contributed by atoms with Crippen molar-refractivity contribution in [3.63, 3.8) is 0 Å².